The third kappa shape index (κ3) is 3.93. The van der Waals surface area contributed by atoms with Gasteiger partial charge in [0.1, 0.15) is 0 Å². The average Bonchev–Trinajstić information content (AvgIpc) is 3.19. The summed E-state index contributed by atoms with van der Waals surface area (Å²) in [5, 5.41) is 3.40. The van der Waals surface area contributed by atoms with Crippen LogP contribution in [0.5, 0.6) is 0 Å². The average molecular weight is 251 g/mol. The highest BCUT2D eigenvalue weighted by Crippen LogP contribution is 2.41. The lowest BCUT2D eigenvalue weighted by molar-refractivity contribution is 0.673. The summed E-state index contributed by atoms with van der Waals surface area (Å²) in [5.41, 5.74) is 2.92. The topological polar surface area (TPSA) is 29.1 Å². The predicted octanol–water partition coefficient (Wildman–Crippen LogP) is 2.42. The van der Waals surface area contributed by atoms with Crippen LogP contribution in [-0.4, -0.2) is 22.3 Å². The largest absolute Gasteiger partial charge is 0.312 e. The fourth-order valence-electron chi connectivity index (χ4n) is 2.04. The van der Waals surface area contributed by atoms with Gasteiger partial charge >= 0.3 is 0 Å². The second kappa shape index (κ2) is 6.31. The molecule has 17 heavy (non-hydrogen) atoms. The van der Waals surface area contributed by atoms with Crippen LogP contribution in [0.3, 0.4) is 0 Å². The normalized spacial score (nSPS) is 17.0. The van der Waals surface area contributed by atoms with Gasteiger partial charge in [0.25, 0.3) is 0 Å². The molecule has 2 nitrogen and oxygen atoms in total. The second-order valence-corrected chi connectivity index (χ2v) is 6.45. The van der Waals surface area contributed by atoms with Crippen molar-refractivity contribution < 1.29 is 4.21 Å². The SMILES string of the molecule is CCS(=O)CCNCc1ccccc1C1CC1. The summed E-state index contributed by atoms with van der Waals surface area (Å²) in [6.45, 7) is 3.73. The highest BCUT2D eigenvalue weighted by atomic mass is 32.2. The Bertz CT molecular complexity index is 388. The van der Waals surface area contributed by atoms with Crippen LogP contribution in [0.15, 0.2) is 24.3 Å². The highest BCUT2D eigenvalue weighted by molar-refractivity contribution is 7.84. The minimum absolute atomic E-state index is 0.649. The van der Waals surface area contributed by atoms with E-state index in [4.69, 9.17) is 0 Å². The first-order chi connectivity index (χ1) is 8.31. The predicted molar refractivity (Wildman–Crippen MR) is 73.7 cm³/mol. The Hall–Kier alpha value is -0.670. The molecule has 1 aromatic carbocycles. The first-order valence-electron chi connectivity index (χ1n) is 6.44. The maximum absolute atomic E-state index is 11.3. The minimum atomic E-state index is -0.649. The van der Waals surface area contributed by atoms with E-state index in [1.54, 1.807) is 0 Å². The van der Waals surface area contributed by atoms with Crippen molar-refractivity contribution in [3.8, 4) is 0 Å². The van der Waals surface area contributed by atoms with E-state index < -0.39 is 10.8 Å². The minimum Gasteiger partial charge on any atom is -0.312 e. The molecule has 0 radical (unpaired) electrons. The Kier molecular flexibility index (Phi) is 4.75. The smallest absolute Gasteiger partial charge is 0.0360 e. The summed E-state index contributed by atoms with van der Waals surface area (Å²) in [4.78, 5) is 0. The van der Waals surface area contributed by atoms with Crippen LogP contribution in [0.4, 0.5) is 0 Å². The van der Waals surface area contributed by atoms with Crippen LogP contribution in [0.25, 0.3) is 0 Å². The van der Waals surface area contributed by atoms with Crippen molar-refractivity contribution in [1.82, 2.24) is 5.32 Å². The van der Waals surface area contributed by atoms with Crippen molar-refractivity contribution in [2.24, 2.45) is 0 Å². The lowest BCUT2D eigenvalue weighted by Gasteiger charge is -2.09. The number of hydrogen-bond acceptors (Lipinski definition) is 2. The molecule has 94 valence electrons. The molecule has 3 heteroatoms. The molecule has 1 atom stereocenters. The van der Waals surface area contributed by atoms with Gasteiger partial charge in [-0.25, -0.2) is 0 Å². The number of nitrogens with one attached hydrogen (secondary N) is 1. The molecule has 2 rings (SSSR count). The van der Waals surface area contributed by atoms with Gasteiger partial charge < -0.3 is 5.32 Å². The van der Waals surface area contributed by atoms with Crippen molar-refractivity contribution in [2.45, 2.75) is 32.2 Å². The molecule has 1 aliphatic carbocycles. The summed E-state index contributed by atoms with van der Waals surface area (Å²) < 4.78 is 11.3. The van der Waals surface area contributed by atoms with Gasteiger partial charge in [-0.2, -0.15) is 0 Å². The summed E-state index contributed by atoms with van der Waals surface area (Å²) in [7, 11) is -0.649. The second-order valence-electron chi connectivity index (χ2n) is 4.58. The Morgan fingerprint density at radius 2 is 2.12 bits per heavy atom. The van der Waals surface area contributed by atoms with Gasteiger partial charge in [0.05, 0.1) is 0 Å². The third-order valence-corrected chi connectivity index (χ3v) is 4.52. The van der Waals surface area contributed by atoms with Gasteiger partial charge in [0, 0.05) is 35.4 Å². The van der Waals surface area contributed by atoms with Crippen molar-refractivity contribution in [2.75, 3.05) is 18.1 Å². The van der Waals surface area contributed by atoms with Crippen molar-refractivity contribution in [1.29, 1.82) is 0 Å². The molecule has 1 unspecified atom stereocenters. The van der Waals surface area contributed by atoms with E-state index in [9.17, 15) is 4.21 Å². The summed E-state index contributed by atoms with van der Waals surface area (Å²) in [5.74, 6) is 2.33. The van der Waals surface area contributed by atoms with E-state index in [-0.39, 0.29) is 0 Å². The van der Waals surface area contributed by atoms with E-state index in [2.05, 4.69) is 29.6 Å². The summed E-state index contributed by atoms with van der Waals surface area (Å²) in [6, 6.07) is 8.69. The molecule has 1 aromatic rings. The summed E-state index contributed by atoms with van der Waals surface area (Å²) >= 11 is 0. The number of benzene rings is 1. The van der Waals surface area contributed by atoms with Gasteiger partial charge in [-0.05, 0) is 29.9 Å². The van der Waals surface area contributed by atoms with Crippen LogP contribution >= 0.6 is 0 Å². The first kappa shape index (κ1) is 12.8. The fourth-order valence-corrected chi connectivity index (χ4v) is 2.70. The van der Waals surface area contributed by atoms with Crippen LogP contribution in [0, 0.1) is 0 Å². The molecular weight excluding hydrogens is 230 g/mol. The Balaban J connectivity index is 1.80. The highest BCUT2D eigenvalue weighted by Gasteiger charge is 2.25. The third-order valence-electron chi connectivity index (χ3n) is 3.22. The molecule has 1 fully saturated rings. The Morgan fingerprint density at radius 3 is 2.82 bits per heavy atom. The quantitative estimate of drug-likeness (QED) is 0.754. The lowest BCUT2D eigenvalue weighted by atomic mass is 10.0. The van der Waals surface area contributed by atoms with Gasteiger partial charge in [-0.15, -0.1) is 0 Å². The van der Waals surface area contributed by atoms with Crippen molar-refractivity contribution in [3.63, 3.8) is 0 Å². The number of rotatable bonds is 7. The zero-order valence-corrected chi connectivity index (χ0v) is 11.3. The molecule has 0 aliphatic heterocycles. The van der Waals surface area contributed by atoms with Crippen LogP contribution in [0.2, 0.25) is 0 Å². The maximum Gasteiger partial charge on any atom is 0.0360 e. The van der Waals surface area contributed by atoms with E-state index in [1.807, 2.05) is 6.92 Å². The van der Waals surface area contributed by atoms with Gasteiger partial charge in [-0.1, -0.05) is 31.2 Å². The monoisotopic (exact) mass is 251 g/mol. The standard InChI is InChI=1S/C14H21NOS/c1-2-17(16)10-9-15-11-13-5-3-4-6-14(13)12-7-8-12/h3-6,12,15H,2,7-11H2,1H3. The molecule has 1 saturated carbocycles. The Morgan fingerprint density at radius 1 is 1.35 bits per heavy atom. The zero-order chi connectivity index (χ0) is 12.1. The molecule has 0 spiro atoms. The zero-order valence-electron chi connectivity index (χ0n) is 10.4. The fraction of sp³-hybridized carbons (Fsp3) is 0.571. The molecule has 1 aliphatic rings. The van der Waals surface area contributed by atoms with Gasteiger partial charge in [0.15, 0.2) is 0 Å². The lowest BCUT2D eigenvalue weighted by Crippen LogP contribution is -2.21. The molecule has 0 heterocycles. The van der Waals surface area contributed by atoms with Crippen molar-refractivity contribution in [3.05, 3.63) is 35.4 Å². The van der Waals surface area contributed by atoms with Crippen LogP contribution in [-0.2, 0) is 17.3 Å². The van der Waals surface area contributed by atoms with Crippen LogP contribution in [0.1, 0.15) is 36.8 Å². The molecule has 0 amide bonds. The van der Waals surface area contributed by atoms with Gasteiger partial charge in [0.2, 0.25) is 0 Å². The maximum atomic E-state index is 11.3. The molecule has 0 bridgehead atoms. The molecule has 0 saturated heterocycles. The first-order valence-corrected chi connectivity index (χ1v) is 7.93. The summed E-state index contributed by atoms with van der Waals surface area (Å²) in [6.07, 6.45) is 2.69. The number of hydrogen-bond donors (Lipinski definition) is 1. The van der Waals surface area contributed by atoms with E-state index >= 15 is 0 Å². The molecule has 0 aromatic heterocycles. The van der Waals surface area contributed by atoms with Crippen molar-refractivity contribution >= 4 is 10.8 Å². The Labute approximate surface area is 106 Å². The molecular formula is C14H21NOS. The molecule has 1 N–H and O–H groups in total. The van der Waals surface area contributed by atoms with E-state index in [0.717, 1.165) is 30.5 Å². The van der Waals surface area contributed by atoms with Crippen LogP contribution < -0.4 is 5.32 Å². The van der Waals surface area contributed by atoms with E-state index in [1.165, 1.54) is 24.0 Å². The van der Waals surface area contributed by atoms with Gasteiger partial charge in [-0.3, -0.25) is 4.21 Å². The van der Waals surface area contributed by atoms with E-state index in [0.29, 0.717) is 0 Å².